The number of H-pyrrole nitrogens is 1. The number of hydrogen-bond acceptors (Lipinski definition) is 3. The molecular formula is C16H23N3O. The van der Waals surface area contributed by atoms with Gasteiger partial charge in [-0.2, -0.15) is 5.10 Å². The SMILES string of the molecule is COCCNCc1cn[nH]c1-c1ccc(C(C)C)cc1. The first-order valence-corrected chi connectivity index (χ1v) is 7.04. The molecule has 0 fully saturated rings. The van der Waals surface area contributed by atoms with Crippen LogP contribution in [0.4, 0.5) is 0 Å². The number of nitrogens with zero attached hydrogens (tertiary/aromatic N) is 1. The topological polar surface area (TPSA) is 49.9 Å². The number of aromatic amines is 1. The minimum atomic E-state index is 0.556. The van der Waals surface area contributed by atoms with Crippen LogP contribution < -0.4 is 5.32 Å². The Labute approximate surface area is 120 Å². The van der Waals surface area contributed by atoms with Crippen molar-refractivity contribution in [1.82, 2.24) is 15.5 Å². The molecule has 0 spiro atoms. The summed E-state index contributed by atoms with van der Waals surface area (Å²) in [4.78, 5) is 0. The second-order valence-corrected chi connectivity index (χ2v) is 5.22. The highest BCUT2D eigenvalue weighted by Crippen LogP contribution is 2.23. The lowest BCUT2D eigenvalue weighted by Gasteiger charge is -2.08. The van der Waals surface area contributed by atoms with Crippen LogP contribution in [-0.4, -0.2) is 30.5 Å². The average Bonchev–Trinajstić information content (AvgIpc) is 2.92. The number of hydrogen-bond donors (Lipinski definition) is 2. The van der Waals surface area contributed by atoms with E-state index in [4.69, 9.17) is 4.74 Å². The number of benzene rings is 1. The Kier molecular flexibility index (Phi) is 5.32. The van der Waals surface area contributed by atoms with Gasteiger partial charge in [0.2, 0.25) is 0 Å². The molecule has 4 nitrogen and oxygen atoms in total. The summed E-state index contributed by atoms with van der Waals surface area (Å²) in [6.45, 7) is 6.76. The zero-order chi connectivity index (χ0) is 14.4. The third-order valence-electron chi connectivity index (χ3n) is 3.38. The molecule has 20 heavy (non-hydrogen) atoms. The first-order valence-electron chi connectivity index (χ1n) is 7.04. The van der Waals surface area contributed by atoms with Crippen LogP contribution in [0.2, 0.25) is 0 Å². The van der Waals surface area contributed by atoms with Gasteiger partial charge >= 0.3 is 0 Å². The van der Waals surface area contributed by atoms with E-state index in [1.54, 1.807) is 7.11 Å². The monoisotopic (exact) mass is 273 g/mol. The van der Waals surface area contributed by atoms with Crippen LogP contribution in [0.15, 0.2) is 30.5 Å². The van der Waals surface area contributed by atoms with Gasteiger partial charge in [-0.3, -0.25) is 5.10 Å². The lowest BCUT2D eigenvalue weighted by molar-refractivity contribution is 0.199. The molecule has 0 amide bonds. The molecule has 4 heteroatoms. The zero-order valence-electron chi connectivity index (χ0n) is 12.4. The summed E-state index contributed by atoms with van der Waals surface area (Å²) in [6, 6.07) is 8.68. The third kappa shape index (κ3) is 3.68. The van der Waals surface area contributed by atoms with Crippen LogP contribution in [0, 0.1) is 0 Å². The van der Waals surface area contributed by atoms with Crippen LogP contribution in [0.5, 0.6) is 0 Å². The van der Waals surface area contributed by atoms with Crippen molar-refractivity contribution < 1.29 is 4.74 Å². The van der Waals surface area contributed by atoms with Gasteiger partial charge in [-0.1, -0.05) is 38.1 Å². The van der Waals surface area contributed by atoms with Crippen molar-refractivity contribution in [2.24, 2.45) is 0 Å². The van der Waals surface area contributed by atoms with Crippen LogP contribution in [0.3, 0.4) is 0 Å². The van der Waals surface area contributed by atoms with E-state index < -0.39 is 0 Å². The summed E-state index contributed by atoms with van der Waals surface area (Å²) in [5.74, 6) is 0.556. The molecule has 1 aromatic carbocycles. The second-order valence-electron chi connectivity index (χ2n) is 5.22. The Morgan fingerprint density at radius 2 is 2.00 bits per heavy atom. The van der Waals surface area contributed by atoms with Crippen molar-refractivity contribution in [1.29, 1.82) is 0 Å². The maximum atomic E-state index is 5.03. The number of rotatable bonds is 7. The fourth-order valence-electron chi connectivity index (χ4n) is 2.13. The molecule has 0 bridgehead atoms. The van der Waals surface area contributed by atoms with Gasteiger partial charge in [-0.15, -0.1) is 0 Å². The largest absolute Gasteiger partial charge is 0.383 e. The Morgan fingerprint density at radius 3 is 2.65 bits per heavy atom. The lowest BCUT2D eigenvalue weighted by atomic mass is 10.00. The second kappa shape index (κ2) is 7.22. The minimum Gasteiger partial charge on any atom is -0.383 e. The molecule has 2 aromatic rings. The van der Waals surface area contributed by atoms with E-state index in [0.29, 0.717) is 5.92 Å². The summed E-state index contributed by atoms with van der Waals surface area (Å²) in [6.07, 6.45) is 1.88. The number of methoxy groups -OCH3 is 1. The molecule has 2 rings (SSSR count). The van der Waals surface area contributed by atoms with Gasteiger partial charge in [-0.05, 0) is 17.0 Å². The van der Waals surface area contributed by atoms with E-state index in [1.165, 1.54) is 16.7 Å². The highest BCUT2D eigenvalue weighted by molar-refractivity contribution is 5.63. The van der Waals surface area contributed by atoms with Gasteiger partial charge in [0.15, 0.2) is 0 Å². The molecule has 1 aromatic heterocycles. The summed E-state index contributed by atoms with van der Waals surface area (Å²) >= 11 is 0. The number of nitrogens with one attached hydrogen (secondary N) is 2. The normalized spacial score (nSPS) is 11.2. The molecular weight excluding hydrogens is 250 g/mol. The van der Waals surface area contributed by atoms with Gasteiger partial charge in [0, 0.05) is 25.8 Å². The van der Waals surface area contributed by atoms with Gasteiger partial charge in [0.05, 0.1) is 18.5 Å². The number of aromatic nitrogens is 2. The van der Waals surface area contributed by atoms with Crippen molar-refractivity contribution >= 4 is 0 Å². The van der Waals surface area contributed by atoms with Gasteiger partial charge in [-0.25, -0.2) is 0 Å². The lowest BCUT2D eigenvalue weighted by Crippen LogP contribution is -2.18. The Bertz CT molecular complexity index is 517. The van der Waals surface area contributed by atoms with E-state index >= 15 is 0 Å². The Morgan fingerprint density at radius 1 is 1.25 bits per heavy atom. The summed E-state index contributed by atoms with van der Waals surface area (Å²) in [5, 5.41) is 10.6. The fourth-order valence-corrected chi connectivity index (χ4v) is 2.13. The standard InChI is InChI=1S/C16H23N3O/c1-12(2)13-4-6-14(7-5-13)16-15(11-18-19-16)10-17-8-9-20-3/h4-7,11-12,17H,8-10H2,1-3H3,(H,18,19). The quantitative estimate of drug-likeness (QED) is 0.763. The predicted octanol–water partition coefficient (Wildman–Crippen LogP) is 2.94. The predicted molar refractivity (Wildman–Crippen MR) is 81.7 cm³/mol. The van der Waals surface area contributed by atoms with E-state index in [2.05, 4.69) is 53.6 Å². The fraction of sp³-hybridized carbons (Fsp3) is 0.438. The first-order chi connectivity index (χ1) is 9.72. The molecule has 0 aliphatic carbocycles. The summed E-state index contributed by atoms with van der Waals surface area (Å²) in [7, 11) is 1.71. The Balaban J connectivity index is 2.07. The van der Waals surface area contributed by atoms with Gasteiger partial charge in [0.25, 0.3) is 0 Å². The molecule has 0 atom stereocenters. The molecule has 2 N–H and O–H groups in total. The van der Waals surface area contributed by atoms with Crippen molar-refractivity contribution in [3.8, 4) is 11.3 Å². The summed E-state index contributed by atoms with van der Waals surface area (Å²) in [5.41, 5.74) is 4.80. The van der Waals surface area contributed by atoms with Crippen LogP contribution in [0.25, 0.3) is 11.3 Å². The van der Waals surface area contributed by atoms with Gasteiger partial charge < -0.3 is 10.1 Å². The van der Waals surface area contributed by atoms with Crippen molar-refractivity contribution in [3.05, 3.63) is 41.6 Å². The van der Waals surface area contributed by atoms with Crippen molar-refractivity contribution in [3.63, 3.8) is 0 Å². The zero-order valence-corrected chi connectivity index (χ0v) is 12.4. The molecule has 1 heterocycles. The highest BCUT2D eigenvalue weighted by atomic mass is 16.5. The van der Waals surface area contributed by atoms with Crippen LogP contribution >= 0.6 is 0 Å². The molecule has 0 unspecified atom stereocenters. The summed E-state index contributed by atoms with van der Waals surface area (Å²) < 4.78 is 5.03. The molecule has 0 radical (unpaired) electrons. The highest BCUT2D eigenvalue weighted by Gasteiger charge is 2.08. The smallest absolute Gasteiger partial charge is 0.0695 e. The van der Waals surface area contributed by atoms with E-state index in [9.17, 15) is 0 Å². The van der Waals surface area contributed by atoms with Crippen LogP contribution in [0.1, 0.15) is 30.9 Å². The molecule has 108 valence electrons. The average molecular weight is 273 g/mol. The molecule has 0 aliphatic heterocycles. The number of ether oxygens (including phenoxy) is 1. The minimum absolute atomic E-state index is 0.556. The first kappa shape index (κ1) is 14.8. The van der Waals surface area contributed by atoms with Gasteiger partial charge in [0.1, 0.15) is 0 Å². The maximum absolute atomic E-state index is 5.03. The van der Waals surface area contributed by atoms with Crippen molar-refractivity contribution in [2.75, 3.05) is 20.3 Å². The molecule has 0 saturated heterocycles. The molecule has 0 saturated carbocycles. The van der Waals surface area contributed by atoms with E-state index in [-0.39, 0.29) is 0 Å². The molecule has 0 aliphatic rings. The van der Waals surface area contributed by atoms with E-state index in [1.807, 2.05) is 6.20 Å². The van der Waals surface area contributed by atoms with Crippen molar-refractivity contribution in [2.45, 2.75) is 26.3 Å². The maximum Gasteiger partial charge on any atom is 0.0695 e. The Hall–Kier alpha value is -1.65. The van der Waals surface area contributed by atoms with E-state index in [0.717, 1.165) is 25.4 Å². The third-order valence-corrected chi connectivity index (χ3v) is 3.38. The van der Waals surface area contributed by atoms with Crippen LogP contribution in [-0.2, 0) is 11.3 Å².